The number of phenols is 4. The van der Waals surface area contributed by atoms with Crippen LogP contribution in [0.3, 0.4) is 0 Å². The van der Waals surface area contributed by atoms with E-state index in [1.807, 2.05) is 0 Å². The number of rotatable bonds is 12. The maximum absolute atomic E-state index is 12.7. The van der Waals surface area contributed by atoms with Crippen molar-refractivity contribution in [2.45, 2.75) is 99.4 Å². The van der Waals surface area contributed by atoms with E-state index >= 15 is 0 Å². The van der Waals surface area contributed by atoms with Gasteiger partial charge in [-0.05, 0) is 54.8 Å². The van der Waals surface area contributed by atoms with E-state index in [9.17, 15) is 61.0 Å². The van der Waals surface area contributed by atoms with E-state index in [0.29, 0.717) is 11.1 Å². The molecule has 14 atom stereocenters. The summed E-state index contributed by atoms with van der Waals surface area (Å²) < 4.78 is 40.2. The van der Waals surface area contributed by atoms with Gasteiger partial charge in [0.05, 0.1) is 19.3 Å². The third-order valence-electron chi connectivity index (χ3n) is 8.98. The molecule has 0 aromatic heterocycles. The molecule has 0 amide bonds. The first kappa shape index (κ1) is 40.5. The van der Waals surface area contributed by atoms with Crippen molar-refractivity contribution in [2.24, 2.45) is 0 Å². The minimum atomic E-state index is -1.85. The van der Waals surface area contributed by atoms with E-state index in [2.05, 4.69) is 0 Å². The molecule has 53 heavy (non-hydrogen) atoms. The van der Waals surface area contributed by atoms with Crippen molar-refractivity contribution in [2.75, 3.05) is 19.8 Å². The third kappa shape index (κ3) is 9.72. The zero-order chi connectivity index (χ0) is 38.6. The van der Waals surface area contributed by atoms with Crippen LogP contribution in [0.15, 0.2) is 42.5 Å². The molecular weight excluding hydrogens is 712 g/mol. The molecule has 11 N–H and O–H groups in total. The summed E-state index contributed by atoms with van der Waals surface area (Å²) in [5.74, 6) is -2.44. The van der Waals surface area contributed by atoms with Gasteiger partial charge in [0.25, 0.3) is 0 Å². The number of benzene rings is 2. The van der Waals surface area contributed by atoms with Crippen LogP contribution in [0.25, 0.3) is 6.08 Å². The highest BCUT2D eigenvalue weighted by Crippen LogP contribution is 2.34. The molecule has 0 aliphatic carbocycles. The number of aliphatic hydroxyl groups excluding tert-OH is 7. The summed E-state index contributed by atoms with van der Waals surface area (Å²) in [6, 6.07) is 7.90. The van der Waals surface area contributed by atoms with Gasteiger partial charge in [-0.25, -0.2) is 4.79 Å². The Balaban J connectivity index is 1.40. The molecule has 3 aliphatic heterocycles. The van der Waals surface area contributed by atoms with Crippen molar-refractivity contribution in [3.8, 4) is 23.0 Å². The standard InChI is InChI=1S/C34H44O19/c1-14-24(41)27(44)29(46)33(50-14)52-30-26(43)22(13-48-23(40)7-4-15-2-5-17(35)19(37)10-15)51-34(47-9-8-16-3-6-18(36)20(38)11-16)31(30)53-32-28(45)25(42)21(39)12-49-32/h2-7,10-11,14,21-22,24-39,41-46H,8-9,12-13H2,1H3/b7-4+/t14-,21-,22+,24-,25-,26+,27+,28+,29+,30-,31+,32-,33-,34+/m0/s1. The molecule has 19 heteroatoms. The molecule has 294 valence electrons. The lowest BCUT2D eigenvalue weighted by Gasteiger charge is -2.48. The lowest BCUT2D eigenvalue weighted by atomic mass is 9.96. The van der Waals surface area contributed by atoms with Gasteiger partial charge in [-0.2, -0.15) is 0 Å². The van der Waals surface area contributed by atoms with Crippen LogP contribution in [0.1, 0.15) is 18.1 Å². The van der Waals surface area contributed by atoms with Gasteiger partial charge in [-0.1, -0.05) is 12.1 Å². The number of hydrogen-bond acceptors (Lipinski definition) is 19. The molecule has 3 aliphatic rings. The van der Waals surface area contributed by atoms with Crippen molar-refractivity contribution in [3.05, 3.63) is 53.6 Å². The first-order chi connectivity index (χ1) is 25.1. The zero-order valence-corrected chi connectivity index (χ0v) is 28.2. The molecule has 0 unspecified atom stereocenters. The van der Waals surface area contributed by atoms with Crippen LogP contribution < -0.4 is 0 Å². The first-order valence-corrected chi connectivity index (χ1v) is 16.6. The van der Waals surface area contributed by atoms with Crippen molar-refractivity contribution < 1.29 is 94.1 Å². The van der Waals surface area contributed by atoms with Crippen LogP contribution in [0.4, 0.5) is 0 Å². The zero-order valence-electron chi connectivity index (χ0n) is 28.2. The minimum Gasteiger partial charge on any atom is -0.504 e. The number of phenolic OH excluding ortho intramolecular Hbond substituents is 4. The Morgan fingerprint density at radius 2 is 1.40 bits per heavy atom. The Morgan fingerprint density at radius 1 is 0.736 bits per heavy atom. The number of carbonyl (C=O) groups is 1. The van der Waals surface area contributed by atoms with Gasteiger partial charge in [0.15, 0.2) is 41.9 Å². The van der Waals surface area contributed by atoms with Crippen LogP contribution in [-0.2, 0) is 44.4 Å². The van der Waals surface area contributed by atoms with Crippen LogP contribution in [0, 0.1) is 0 Å². The summed E-state index contributed by atoms with van der Waals surface area (Å²) in [5.41, 5.74) is 0.858. The summed E-state index contributed by atoms with van der Waals surface area (Å²) in [4.78, 5) is 12.7. The Hall–Kier alpha value is -3.67. The second-order valence-corrected chi connectivity index (χ2v) is 12.8. The Kier molecular flexibility index (Phi) is 13.5. The molecule has 19 nitrogen and oxygen atoms in total. The van der Waals surface area contributed by atoms with Gasteiger partial charge in [-0.3, -0.25) is 0 Å². The number of hydrogen-bond donors (Lipinski definition) is 11. The second kappa shape index (κ2) is 17.6. The minimum absolute atomic E-state index is 0.116. The summed E-state index contributed by atoms with van der Waals surface area (Å²) in [7, 11) is 0. The predicted molar refractivity (Wildman–Crippen MR) is 174 cm³/mol. The first-order valence-electron chi connectivity index (χ1n) is 16.6. The van der Waals surface area contributed by atoms with E-state index in [-0.39, 0.29) is 30.3 Å². The lowest BCUT2D eigenvalue weighted by Crippen LogP contribution is -2.66. The Morgan fingerprint density at radius 3 is 2.09 bits per heavy atom. The average Bonchev–Trinajstić information content (AvgIpc) is 3.13. The third-order valence-corrected chi connectivity index (χ3v) is 8.98. The molecule has 3 saturated heterocycles. The maximum Gasteiger partial charge on any atom is 0.330 e. The van der Waals surface area contributed by atoms with Gasteiger partial charge in [0.2, 0.25) is 0 Å². The summed E-state index contributed by atoms with van der Waals surface area (Å²) in [6.07, 6.45) is -20.2. The van der Waals surface area contributed by atoms with E-state index in [1.54, 1.807) is 0 Å². The summed E-state index contributed by atoms with van der Waals surface area (Å²) >= 11 is 0. The van der Waals surface area contributed by atoms with Gasteiger partial charge in [0, 0.05) is 6.08 Å². The monoisotopic (exact) mass is 756 g/mol. The number of aromatic hydroxyl groups is 4. The van der Waals surface area contributed by atoms with Gasteiger partial charge in [0.1, 0.15) is 67.6 Å². The maximum atomic E-state index is 12.7. The second-order valence-electron chi connectivity index (χ2n) is 12.8. The van der Waals surface area contributed by atoms with E-state index < -0.39 is 111 Å². The molecule has 5 rings (SSSR count). The van der Waals surface area contributed by atoms with Gasteiger partial charge in [-0.15, -0.1) is 0 Å². The summed E-state index contributed by atoms with van der Waals surface area (Å²) in [5, 5.41) is 113. The van der Waals surface area contributed by atoms with E-state index in [4.69, 9.17) is 33.2 Å². The highest BCUT2D eigenvalue weighted by molar-refractivity contribution is 5.87. The highest BCUT2D eigenvalue weighted by atomic mass is 16.8. The Labute approximate surface area is 302 Å². The van der Waals surface area contributed by atoms with E-state index in [0.717, 1.165) is 6.08 Å². The van der Waals surface area contributed by atoms with Crippen molar-refractivity contribution in [3.63, 3.8) is 0 Å². The molecule has 2 aromatic rings. The van der Waals surface area contributed by atoms with Crippen LogP contribution in [-0.4, -0.2) is 168 Å². The molecule has 2 aromatic carbocycles. The fourth-order valence-electron chi connectivity index (χ4n) is 5.84. The van der Waals surface area contributed by atoms with Crippen molar-refractivity contribution in [1.82, 2.24) is 0 Å². The summed E-state index contributed by atoms with van der Waals surface area (Å²) in [6.45, 7) is 0.114. The lowest BCUT2D eigenvalue weighted by molar-refractivity contribution is -0.385. The normalized spacial score (nSPS) is 36.4. The smallest absolute Gasteiger partial charge is 0.330 e. The fourth-order valence-corrected chi connectivity index (χ4v) is 5.84. The molecule has 3 heterocycles. The molecule has 0 radical (unpaired) electrons. The topological polar surface area (TPSA) is 304 Å². The van der Waals surface area contributed by atoms with E-state index in [1.165, 1.54) is 49.4 Å². The number of carbonyl (C=O) groups excluding carboxylic acids is 1. The highest BCUT2D eigenvalue weighted by Gasteiger charge is 2.53. The fraction of sp³-hybridized carbons (Fsp3) is 0.559. The molecule has 0 bridgehead atoms. The van der Waals surface area contributed by atoms with Crippen LogP contribution in [0.5, 0.6) is 23.0 Å². The largest absolute Gasteiger partial charge is 0.504 e. The van der Waals surface area contributed by atoms with Crippen molar-refractivity contribution >= 4 is 12.0 Å². The van der Waals surface area contributed by atoms with Crippen molar-refractivity contribution in [1.29, 1.82) is 0 Å². The Bertz CT molecular complexity index is 1560. The van der Waals surface area contributed by atoms with Gasteiger partial charge >= 0.3 is 5.97 Å². The van der Waals surface area contributed by atoms with Gasteiger partial charge < -0.3 is 89.3 Å². The average molecular weight is 757 g/mol. The van der Waals surface area contributed by atoms with Crippen LogP contribution in [0.2, 0.25) is 0 Å². The quantitative estimate of drug-likeness (QED) is 0.0603. The predicted octanol–water partition coefficient (Wildman–Crippen LogP) is -2.55. The molecule has 0 spiro atoms. The SMILES string of the molecule is C[C@@H]1O[C@@H](O[C@H]2[C@H](O)[C@@H](COC(=O)/C=C/c3ccc(O)c(O)c3)O[C@@H](OCCc3ccc(O)c(O)c3)[C@@H]2O[C@@H]2OC[C@H](O)[C@H](O)[C@H]2O)[C@H](O)[C@H](O)[C@H]1O. The molecule has 0 saturated carbocycles. The number of esters is 1. The van der Waals surface area contributed by atoms with Crippen LogP contribution >= 0.6 is 0 Å². The molecule has 3 fully saturated rings. The number of aliphatic hydroxyl groups is 7. The number of ether oxygens (including phenoxy) is 7. The molecular formula is C34H44O19.